The van der Waals surface area contributed by atoms with Gasteiger partial charge in [0.2, 0.25) is 0 Å². The van der Waals surface area contributed by atoms with Crippen LogP contribution < -0.4 is 15.3 Å². The van der Waals surface area contributed by atoms with Gasteiger partial charge >= 0.3 is 38.2 Å². The van der Waals surface area contributed by atoms with Gasteiger partial charge in [-0.25, -0.2) is 0 Å². The van der Waals surface area contributed by atoms with Gasteiger partial charge in [-0.3, -0.25) is 0 Å². The third-order valence-corrected chi connectivity index (χ3v) is 7.13. The summed E-state index contributed by atoms with van der Waals surface area (Å²) in [5, 5.41) is 32.4. The number of hydrogen-bond donors (Lipinski definition) is 0. The fraction of sp³-hybridized carbons (Fsp3) is 0.900. The molecule has 0 aliphatic carbocycles. The summed E-state index contributed by atoms with van der Waals surface area (Å²) in [6.07, 6.45) is 13.3. The number of rotatable bonds is 18. The van der Waals surface area contributed by atoms with Crippen molar-refractivity contribution in [1.82, 2.24) is 0 Å². The van der Waals surface area contributed by atoms with Gasteiger partial charge in [0.05, 0.1) is 0 Å². The van der Waals surface area contributed by atoms with Crippen LogP contribution in [0.5, 0.6) is 0 Å². The molecule has 0 heterocycles. The van der Waals surface area contributed by atoms with Crippen LogP contribution in [0.3, 0.4) is 0 Å². The minimum absolute atomic E-state index is 0. The zero-order valence-electron chi connectivity index (χ0n) is 25.4. The van der Waals surface area contributed by atoms with E-state index in [4.69, 9.17) is 0 Å². The first-order chi connectivity index (χ1) is 16.7. The van der Waals surface area contributed by atoms with Gasteiger partial charge in [-0.1, -0.05) is 120 Å². The Labute approximate surface area is 259 Å². The van der Waals surface area contributed by atoms with Gasteiger partial charge in [0.1, 0.15) is 0 Å². The average Bonchev–Trinajstić information content (AvgIpc) is 2.81. The Morgan fingerprint density at radius 2 is 0.622 bits per heavy atom. The van der Waals surface area contributed by atoms with Crippen LogP contribution in [0, 0.1) is 54.4 Å². The number of carboxylic acid groups (broad SMARTS) is 3. The molecule has 223 valence electrons. The molecular formula is C30H57DyO6. The van der Waals surface area contributed by atoms with Gasteiger partial charge in [0, 0.05) is 34.2 Å². The molecule has 0 aromatic heterocycles. The fourth-order valence-corrected chi connectivity index (χ4v) is 4.34. The van der Waals surface area contributed by atoms with Crippen LogP contribution in [0.15, 0.2) is 0 Å². The summed E-state index contributed by atoms with van der Waals surface area (Å²) in [4.78, 5) is 32.4. The zero-order chi connectivity index (χ0) is 28.8. The van der Waals surface area contributed by atoms with E-state index in [1.165, 1.54) is 0 Å². The average molecular weight is 676 g/mol. The predicted octanol–water partition coefficient (Wildman–Crippen LogP) is 5.20. The van der Waals surface area contributed by atoms with Gasteiger partial charge < -0.3 is 29.7 Å². The van der Waals surface area contributed by atoms with Gasteiger partial charge in [0.25, 0.3) is 0 Å². The van der Waals surface area contributed by atoms with Crippen LogP contribution in [0.2, 0.25) is 0 Å². The molecule has 0 N–H and O–H groups in total. The second-order valence-electron chi connectivity index (χ2n) is 11.1. The summed E-state index contributed by atoms with van der Waals surface area (Å²) in [7, 11) is 0. The molecule has 0 aromatic rings. The Morgan fingerprint density at radius 3 is 0.730 bits per heavy atom. The summed E-state index contributed by atoms with van der Waals surface area (Å²) in [6, 6.07) is 0. The van der Waals surface area contributed by atoms with Crippen molar-refractivity contribution >= 4 is 17.9 Å². The number of carbonyl (C=O) groups is 3. The Kier molecular flexibility index (Phi) is 29.2. The molecule has 0 fully saturated rings. The van der Waals surface area contributed by atoms with E-state index in [9.17, 15) is 29.7 Å². The molecule has 6 nitrogen and oxygen atoms in total. The SMILES string of the molecule is CCCCC(C)(CCC)C(=O)[O-].CCCCC(C)(CCC)C(=O)[O-].CCCCC(C)(CCC)C(=O)[O-].[Dy+3]. The first kappa shape index (κ1) is 43.7. The molecule has 7 heteroatoms. The molecule has 0 aliphatic rings. The minimum Gasteiger partial charge on any atom is -0.550 e. The molecule has 0 rings (SSSR count). The van der Waals surface area contributed by atoms with Crippen LogP contribution in [0.4, 0.5) is 0 Å². The van der Waals surface area contributed by atoms with Crippen molar-refractivity contribution in [1.29, 1.82) is 0 Å². The monoisotopic (exact) mass is 677 g/mol. The Morgan fingerprint density at radius 1 is 0.432 bits per heavy atom. The summed E-state index contributed by atoms with van der Waals surface area (Å²) in [5.41, 5.74) is -1.78. The van der Waals surface area contributed by atoms with Gasteiger partial charge in [-0.15, -0.1) is 0 Å². The van der Waals surface area contributed by atoms with E-state index in [-0.39, 0.29) is 38.2 Å². The number of aliphatic carboxylic acids is 3. The van der Waals surface area contributed by atoms with Crippen molar-refractivity contribution in [2.24, 2.45) is 16.2 Å². The topological polar surface area (TPSA) is 120 Å². The van der Waals surface area contributed by atoms with Gasteiger partial charge in [-0.05, 0) is 38.5 Å². The Balaban J connectivity index is -0.000000218. The van der Waals surface area contributed by atoms with Crippen LogP contribution in [0.25, 0.3) is 0 Å². The smallest absolute Gasteiger partial charge is 0.550 e. The van der Waals surface area contributed by atoms with Crippen molar-refractivity contribution in [2.45, 2.75) is 159 Å². The summed E-state index contributed by atoms with van der Waals surface area (Å²) < 4.78 is 0. The minimum atomic E-state index is -0.891. The molecule has 3 atom stereocenters. The molecule has 0 amide bonds. The first-order valence-corrected chi connectivity index (χ1v) is 14.3. The molecule has 1 radical (unpaired) electrons. The van der Waals surface area contributed by atoms with Gasteiger partial charge in [-0.2, -0.15) is 0 Å². The molecule has 0 bridgehead atoms. The second-order valence-corrected chi connectivity index (χ2v) is 11.1. The molecule has 0 aromatic carbocycles. The largest absolute Gasteiger partial charge is 3.00 e. The Bertz CT molecular complexity index is 516. The van der Waals surface area contributed by atoms with Crippen LogP contribution in [0.1, 0.15) is 159 Å². The second kappa shape index (κ2) is 24.7. The maximum absolute atomic E-state index is 10.8. The van der Waals surface area contributed by atoms with Crippen molar-refractivity contribution in [3.63, 3.8) is 0 Å². The van der Waals surface area contributed by atoms with E-state index in [1.54, 1.807) is 20.8 Å². The Hall–Kier alpha value is -0.317. The molecule has 37 heavy (non-hydrogen) atoms. The number of carboxylic acids is 3. The third-order valence-electron chi connectivity index (χ3n) is 7.13. The number of carbonyl (C=O) groups excluding carboxylic acids is 3. The quantitative estimate of drug-likeness (QED) is 0.197. The normalized spacial score (nSPS) is 15.2. The maximum Gasteiger partial charge on any atom is 3.00 e. The van der Waals surface area contributed by atoms with E-state index in [0.717, 1.165) is 96.3 Å². The molecule has 0 spiro atoms. The van der Waals surface area contributed by atoms with Crippen LogP contribution in [-0.4, -0.2) is 17.9 Å². The number of unbranched alkanes of at least 4 members (excludes halogenated alkanes) is 3. The van der Waals surface area contributed by atoms with Crippen molar-refractivity contribution < 1.29 is 67.9 Å². The van der Waals surface area contributed by atoms with Crippen LogP contribution >= 0.6 is 0 Å². The van der Waals surface area contributed by atoms with Crippen LogP contribution in [-0.2, 0) is 14.4 Å². The molecular weight excluding hydrogens is 619 g/mol. The van der Waals surface area contributed by atoms with Crippen molar-refractivity contribution in [2.75, 3.05) is 0 Å². The molecule has 3 unspecified atom stereocenters. The molecule has 0 aliphatic heterocycles. The summed E-state index contributed by atoms with van der Waals surface area (Å²) in [6.45, 7) is 17.6. The predicted molar refractivity (Wildman–Crippen MR) is 143 cm³/mol. The van der Waals surface area contributed by atoms with E-state index in [1.807, 2.05) is 20.8 Å². The molecule has 0 saturated carbocycles. The number of hydrogen-bond acceptors (Lipinski definition) is 6. The van der Waals surface area contributed by atoms with E-state index < -0.39 is 34.2 Å². The first-order valence-electron chi connectivity index (χ1n) is 14.3. The fourth-order valence-electron chi connectivity index (χ4n) is 4.34. The maximum atomic E-state index is 10.8. The van der Waals surface area contributed by atoms with Gasteiger partial charge in [0.15, 0.2) is 0 Å². The van der Waals surface area contributed by atoms with Crippen molar-refractivity contribution in [3.05, 3.63) is 0 Å². The van der Waals surface area contributed by atoms with E-state index in [0.29, 0.717) is 0 Å². The summed E-state index contributed by atoms with van der Waals surface area (Å²) in [5.74, 6) is -2.67. The van der Waals surface area contributed by atoms with E-state index >= 15 is 0 Å². The summed E-state index contributed by atoms with van der Waals surface area (Å²) >= 11 is 0. The zero-order valence-corrected chi connectivity index (χ0v) is 27.4. The van der Waals surface area contributed by atoms with E-state index in [2.05, 4.69) is 20.8 Å². The third kappa shape index (κ3) is 20.3. The van der Waals surface area contributed by atoms with Crippen molar-refractivity contribution in [3.8, 4) is 0 Å². The standard InChI is InChI=1S/3C10H20O2.Dy/c3*1-4-6-8-10(3,7-5-2)9(11)12;/h3*4-8H2,1-3H3,(H,11,12);/q;;;+3/p-3. The molecule has 0 saturated heterocycles.